The highest BCUT2D eigenvalue weighted by Crippen LogP contribution is 2.32. The van der Waals surface area contributed by atoms with E-state index in [9.17, 15) is 9.59 Å². The molecule has 2 aromatic carbocycles. The third kappa shape index (κ3) is 4.15. The van der Waals surface area contributed by atoms with E-state index in [1.807, 2.05) is 55.5 Å². The summed E-state index contributed by atoms with van der Waals surface area (Å²) in [5, 5.41) is 0. The second-order valence-electron chi connectivity index (χ2n) is 8.82. The van der Waals surface area contributed by atoms with Gasteiger partial charge in [0, 0.05) is 24.8 Å². The van der Waals surface area contributed by atoms with Crippen LogP contribution < -0.4 is 15.2 Å². The molecule has 0 N–H and O–H groups in total. The van der Waals surface area contributed by atoms with E-state index in [1.165, 1.54) is 6.08 Å². The van der Waals surface area contributed by atoms with Crippen LogP contribution in [0, 0.1) is 6.92 Å². The molecule has 1 aliphatic rings. The van der Waals surface area contributed by atoms with Crippen molar-refractivity contribution in [1.29, 1.82) is 0 Å². The van der Waals surface area contributed by atoms with Crippen molar-refractivity contribution < 1.29 is 14.3 Å². The zero-order valence-electron chi connectivity index (χ0n) is 20.4. The van der Waals surface area contributed by atoms with Crippen molar-refractivity contribution in [3.05, 3.63) is 89.6 Å². The van der Waals surface area contributed by atoms with Gasteiger partial charge in [-0.25, -0.2) is 4.79 Å². The maximum atomic E-state index is 13.8. The summed E-state index contributed by atoms with van der Waals surface area (Å²) in [6, 6.07) is 14.8. The second-order valence-corrected chi connectivity index (χ2v) is 8.82. The van der Waals surface area contributed by atoms with Crippen molar-refractivity contribution in [1.82, 2.24) is 19.0 Å². The molecule has 1 atom stereocenters. The molecule has 1 saturated heterocycles. The number of nitrogens with zero attached hydrogens (tertiary/aromatic N) is 4. The summed E-state index contributed by atoms with van der Waals surface area (Å²) in [6.45, 7) is 6.69. The molecule has 0 spiro atoms. The van der Waals surface area contributed by atoms with Crippen LogP contribution in [0.1, 0.15) is 24.4 Å². The average Bonchev–Trinajstić information content (AvgIpc) is 3.21. The normalized spacial score (nSPS) is 15.6. The van der Waals surface area contributed by atoms with Crippen molar-refractivity contribution in [2.75, 3.05) is 20.2 Å². The Labute approximate surface area is 209 Å². The van der Waals surface area contributed by atoms with E-state index in [4.69, 9.17) is 9.47 Å². The Morgan fingerprint density at radius 1 is 1.11 bits per heavy atom. The van der Waals surface area contributed by atoms with Gasteiger partial charge in [-0.2, -0.15) is 0 Å². The van der Waals surface area contributed by atoms with Gasteiger partial charge in [0.1, 0.15) is 17.2 Å². The van der Waals surface area contributed by atoms with Gasteiger partial charge in [0.2, 0.25) is 5.91 Å². The summed E-state index contributed by atoms with van der Waals surface area (Å²) < 4.78 is 14.9. The van der Waals surface area contributed by atoms with E-state index in [0.29, 0.717) is 35.8 Å². The Hall–Kier alpha value is -4.33. The van der Waals surface area contributed by atoms with Crippen LogP contribution in [0.2, 0.25) is 0 Å². The fraction of sp³-hybridized carbons (Fsp3) is 0.250. The second kappa shape index (κ2) is 9.73. The van der Waals surface area contributed by atoms with Crippen LogP contribution in [0.25, 0.3) is 16.7 Å². The number of benzene rings is 2. The molecule has 0 radical (unpaired) electrons. The Bertz CT molecular complexity index is 1490. The van der Waals surface area contributed by atoms with E-state index >= 15 is 0 Å². The molecule has 4 aromatic rings. The summed E-state index contributed by atoms with van der Waals surface area (Å²) in [4.78, 5) is 32.0. The Morgan fingerprint density at radius 3 is 2.64 bits per heavy atom. The van der Waals surface area contributed by atoms with E-state index < -0.39 is 0 Å². The minimum atomic E-state index is -0.159. The number of likely N-dealkylation sites (tertiary alicyclic amines) is 1. The number of carbonyl (C=O) groups excluding carboxylic acids is 1. The van der Waals surface area contributed by atoms with Crippen molar-refractivity contribution in [3.8, 4) is 22.9 Å². The molecule has 0 bridgehead atoms. The number of fused-ring (bicyclic) bond motifs is 1. The van der Waals surface area contributed by atoms with E-state index in [2.05, 4.69) is 11.6 Å². The Morgan fingerprint density at radius 2 is 1.89 bits per heavy atom. The number of hydrogen-bond donors (Lipinski definition) is 0. The quantitative estimate of drug-likeness (QED) is 0.373. The van der Waals surface area contributed by atoms with E-state index in [1.54, 1.807) is 33.5 Å². The Balaban J connectivity index is 1.50. The summed E-state index contributed by atoms with van der Waals surface area (Å²) in [5.41, 5.74) is 2.97. The lowest BCUT2D eigenvalue weighted by atomic mass is 10.1. The van der Waals surface area contributed by atoms with Crippen molar-refractivity contribution in [2.24, 2.45) is 0 Å². The first kappa shape index (κ1) is 23.4. The molecule has 1 amide bonds. The molecule has 1 aliphatic heterocycles. The molecule has 3 heterocycles. The highest BCUT2D eigenvalue weighted by atomic mass is 16.5. The van der Waals surface area contributed by atoms with Gasteiger partial charge in [0.15, 0.2) is 0 Å². The first-order chi connectivity index (χ1) is 17.5. The highest BCUT2D eigenvalue weighted by molar-refractivity contribution is 5.87. The molecule has 0 saturated carbocycles. The van der Waals surface area contributed by atoms with E-state index in [-0.39, 0.29) is 17.6 Å². The predicted octanol–water partition coefficient (Wildman–Crippen LogP) is 4.65. The third-order valence-corrected chi connectivity index (χ3v) is 6.70. The molecule has 1 fully saturated rings. The van der Waals surface area contributed by atoms with Crippen LogP contribution in [0.15, 0.2) is 78.4 Å². The van der Waals surface area contributed by atoms with Gasteiger partial charge in [-0.3, -0.25) is 18.9 Å². The summed E-state index contributed by atoms with van der Waals surface area (Å²) in [7, 11) is 1.63. The molecule has 184 valence electrons. The molecule has 0 aliphatic carbocycles. The minimum Gasteiger partial charge on any atom is -0.496 e. The summed E-state index contributed by atoms with van der Waals surface area (Å²) in [5.74, 6) is 2.00. The van der Waals surface area contributed by atoms with Gasteiger partial charge >= 0.3 is 5.69 Å². The number of ether oxygens (including phenoxy) is 2. The lowest BCUT2D eigenvalue weighted by Gasteiger charge is -2.32. The van der Waals surface area contributed by atoms with Crippen LogP contribution in [-0.4, -0.2) is 45.1 Å². The fourth-order valence-electron chi connectivity index (χ4n) is 4.88. The van der Waals surface area contributed by atoms with Gasteiger partial charge in [-0.1, -0.05) is 12.6 Å². The molecule has 2 aromatic heterocycles. The number of rotatable bonds is 6. The molecule has 1 unspecified atom stereocenters. The number of carbonyl (C=O) groups is 1. The first-order valence-corrected chi connectivity index (χ1v) is 11.9. The molecular weight excluding hydrogens is 456 g/mol. The van der Waals surface area contributed by atoms with Crippen LogP contribution in [0.5, 0.6) is 17.2 Å². The highest BCUT2D eigenvalue weighted by Gasteiger charge is 2.27. The fourth-order valence-corrected chi connectivity index (χ4v) is 4.88. The number of pyridine rings is 1. The zero-order valence-corrected chi connectivity index (χ0v) is 20.4. The lowest BCUT2D eigenvalue weighted by Crippen LogP contribution is -2.42. The molecule has 8 nitrogen and oxygen atoms in total. The molecular formula is C28H28N4O4. The van der Waals surface area contributed by atoms with Crippen molar-refractivity contribution in [3.63, 3.8) is 0 Å². The Kier molecular flexibility index (Phi) is 6.33. The standard InChI is InChI=1S/C28H28N4O4/c1-4-27(33)30-16-6-7-21(18-30)32-23-14-15-29-17-24(23)31(28(32)34)20-10-12-22(13-11-20)36-26-9-5-8-25(35-3)19(26)2/h4-5,8-15,17,21H,1,6-7,16,18H2,2-3H3. The van der Waals surface area contributed by atoms with Crippen LogP contribution in [0.4, 0.5) is 0 Å². The van der Waals surface area contributed by atoms with Gasteiger partial charge < -0.3 is 14.4 Å². The van der Waals surface area contributed by atoms with Gasteiger partial charge in [0.05, 0.1) is 36.1 Å². The van der Waals surface area contributed by atoms with Gasteiger partial charge in [0.25, 0.3) is 0 Å². The van der Waals surface area contributed by atoms with Gasteiger partial charge in [-0.05, 0) is 68.3 Å². The molecule has 36 heavy (non-hydrogen) atoms. The van der Waals surface area contributed by atoms with Crippen LogP contribution in [-0.2, 0) is 4.79 Å². The maximum absolute atomic E-state index is 13.8. The van der Waals surface area contributed by atoms with Crippen molar-refractivity contribution >= 4 is 16.9 Å². The minimum absolute atomic E-state index is 0.111. The number of imidazole rings is 1. The number of amides is 1. The average molecular weight is 485 g/mol. The topological polar surface area (TPSA) is 78.6 Å². The first-order valence-electron chi connectivity index (χ1n) is 11.9. The molecule has 8 heteroatoms. The summed E-state index contributed by atoms with van der Waals surface area (Å²) >= 11 is 0. The van der Waals surface area contributed by atoms with Crippen LogP contribution in [0.3, 0.4) is 0 Å². The lowest BCUT2D eigenvalue weighted by molar-refractivity contribution is -0.127. The number of aromatic nitrogens is 3. The summed E-state index contributed by atoms with van der Waals surface area (Å²) in [6.07, 6.45) is 6.35. The monoisotopic (exact) mass is 484 g/mol. The number of piperidine rings is 1. The van der Waals surface area contributed by atoms with E-state index in [0.717, 1.165) is 29.7 Å². The third-order valence-electron chi connectivity index (χ3n) is 6.70. The maximum Gasteiger partial charge on any atom is 0.334 e. The smallest absolute Gasteiger partial charge is 0.334 e. The molecule has 5 rings (SSSR count). The van der Waals surface area contributed by atoms with Gasteiger partial charge in [-0.15, -0.1) is 0 Å². The SMILES string of the molecule is C=CC(=O)N1CCCC(n2c(=O)n(-c3ccc(Oc4cccc(OC)c4C)cc3)c3cnccc32)C1. The van der Waals surface area contributed by atoms with Crippen LogP contribution >= 0.6 is 0 Å². The zero-order chi connectivity index (χ0) is 25.2. The largest absolute Gasteiger partial charge is 0.496 e. The van der Waals surface area contributed by atoms with Crippen molar-refractivity contribution in [2.45, 2.75) is 25.8 Å². The predicted molar refractivity (Wildman–Crippen MR) is 138 cm³/mol. The number of hydrogen-bond acceptors (Lipinski definition) is 5. The number of methoxy groups -OCH3 is 1.